The van der Waals surface area contributed by atoms with E-state index in [1.54, 1.807) is 29.3 Å². The molecule has 0 spiro atoms. The van der Waals surface area contributed by atoms with Crippen molar-refractivity contribution in [2.75, 3.05) is 12.3 Å². The van der Waals surface area contributed by atoms with Crippen molar-refractivity contribution in [3.63, 3.8) is 0 Å². The first kappa shape index (κ1) is 13.1. The number of hydrogen-bond donors (Lipinski definition) is 1. The molecule has 0 aliphatic carbocycles. The number of ether oxygens (including phenoxy) is 1. The van der Waals surface area contributed by atoms with E-state index in [0.29, 0.717) is 23.9 Å². The number of hydrogen-bond acceptors (Lipinski definition) is 5. The van der Waals surface area contributed by atoms with Crippen molar-refractivity contribution in [1.82, 2.24) is 19.7 Å². The molecule has 6 heteroatoms. The van der Waals surface area contributed by atoms with Crippen molar-refractivity contribution >= 4 is 5.69 Å². The fraction of sp³-hybridized carbons (Fsp3) is 0.133. The molecule has 0 radical (unpaired) electrons. The molecule has 0 aliphatic heterocycles. The molecule has 21 heavy (non-hydrogen) atoms. The summed E-state index contributed by atoms with van der Waals surface area (Å²) in [5.74, 6) is 1.23. The molecule has 2 aromatic heterocycles. The van der Waals surface area contributed by atoms with Gasteiger partial charge in [0.25, 0.3) is 5.95 Å². The third-order valence-electron chi connectivity index (χ3n) is 2.94. The molecule has 0 atom stereocenters. The Balaban J connectivity index is 2.06. The average molecular weight is 281 g/mol. The number of rotatable bonds is 4. The number of nitrogens with zero attached hydrogens (tertiary/aromatic N) is 4. The van der Waals surface area contributed by atoms with Crippen LogP contribution < -0.4 is 10.5 Å². The minimum absolute atomic E-state index is 0.476. The van der Waals surface area contributed by atoms with Gasteiger partial charge in [0.2, 0.25) is 0 Å². The van der Waals surface area contributed by atoms with Gasteiger partial charge < -0.3 is 10.5 Å². The number of benzene rings is 1. The summed E-state index contributed by atoms with van der Waals surface area (Å²) >= 11 is 0. The van der Waals surface area contributed by atoms with Gasteiger partial charge in [-0.05, 0) is 25.1 Å². The molecule has 0 aliphatic rings. The van der Waals surface area contributed by atoms with Gasteiger partial charge in [-0.15, -0.1) is 0 Å². The zero-order chi connectivity index (χ0) is 14.7. The summed E-state index contributed by atoms with van der Waals surface area (Å²) in [6.07, 6.45) is 5.02. The largest absolute Gasteiger partial charge is 0.493 e. The van der Waals surface area contributed by atoms with E-state index in [1.165, 1.54) is 0 Å². The molecule has 0 saturated heterocycles. The Morgan fingerprint density at radius 3 is 2.67 bits per heavy atom. The summed E-state index contributed by atoms with van der Waals surface area (Å²) < 4.78 is 7.19. The Kier molecular flexibility index (Phi) is 3.51. The Bertz CT molecular complexity index is 739. The predicted molar refractivity (Wildman–Crippen MR) is 80.2 cm³/mol. The fourth-order valence-electron chi connectivity index (χ4n) is 2.05. The van der Waals surface area contributed by atoms with Crippen LogP contribution >= 0.6 is 0 Å². The van der Waals surface area contributed by atoms with Crippen LogP contribution in [0.5, 0.6) is 5.75 Å². The van der Waals surface area contributed by atoms with E-state index in [-0.39, 0.29) is 0 Å². The average Bonchev–Trinajstić information content (AvgIpc) is 2.91. The first-order valence-corrected chi connectivity index (χ1v) is 6.64. The Morgan fingerprint density at radius 1 is 1.14 bits per heavy atom. The molecule has 106 valence electrons. The summed E-state index contributed by atoms with van der Waals surface area (Å²) in [7, 11) is 0. The van der Waals surface area contributed by atoms with E-state index in [2.05, 4.69) is 15.1 Å². The highest BCUT2D eigenvalue weighted by Gasteiger charge is 2.14. The van der Waals surface area contributed by atoms with Crippen molar-refractivity contribution < 1.29 is 4.74 Å². The SMILES string of the molecule is CCOc1ccccc1-c1nn(-c2ncccn2)cc1N. The van der Waals surface area contributed by atoms with E-state index >= 15 is 0 Å². The summed E-state index contributed by atoms with van der Waals surface area (Å²) in [5, 5.41) is 4.48. The smallest absolute Gasteiger partial charge is 0.250 e. The van der Waals surface area contributed by atoms with Gasteiger partial charge in [-0.3, -0.25) is 0 Å². The third-order valence-corrected chi connectivity index (χ3v) is 2.94. The minimum Gasteiger partial charge on any atom is -0.493 e. The first-order chi connectivity index (χ1) is 10.3. The van der Waals surface area contributed by atoms with Crippen LogP contribution in [-0.2, 0) is 0 Å². The van der Waals surface area contributed by atoms with Gasteiger partial charge >= 0.3 is 0 Å². The number of nitrogen functional groups attached to an aromatic ring is 1. The van der Waals surface area contributed by atoms with Gasteiger partial charge in [0.15, 0.2) is 0 Å². The topological polar surface area (TPSA) is 78.8 Å². The van der Waals surface area contributed by atoms with Crippen molar-refractivity contribution in [2.45, 2.75) is 6.92 Å². The van der Waals surface area contributed by atoms with Crippen LogP contribution in [0.1, 0.15) is 6.92 Å². The van der Waals surface area contributed by atoms with Gasteiger partial charge in [0, 0.05) is 18.0 Å². The molecule has 0 amide bonds. The van der Waals surface area contributed by atoms with Crippen LogP contribution in [-0.4, -0.2) is 26.4 Å². The predicted octanol–water partition coefficient (Wildman–Crippen LogP) is 2.31. The van der Waals surface area contributed by atoms with E-state index in [4.69, 9.17) is 10.5 Å². The van der Waals surface area contributed by atoms with Crippen molar-refractivity contribution in [3.8, 4) is 23.0 Å². The van der Waals surface area contributed by atoms with Crippen LogP contribution in [0.4, 0.5) is 5.69 Å². The van der Waals surface area contributed by atoms with Crippen LogP contribution in [0.3, 0.4) is 0 Å². The van der Waals surface area contributed by atoms with E-state index in [9.17, 15) is 0 Å². The lowest BCUT2D eigenvalue weighted by Crippen LogP contribution is -2.00. The van der Waals surface area contributed by atoms with Crippen LogP contribution in [0, 0.1) is 0 Å². The Morgan fingerprint density at radius 2 is 1.90 bits per heavy atom. The number of anilines is 1. The summed E-state index contributed by atoms with van der Waals surface area (Å²) in [6.45, 7) is 2.52. The van der Waals surface area contributed by atoms with E-state index in [1.807, 2.05) is 31.2 Å². The highest BCUT2D eigenvalue weighted by atomic mass is 16.5. The summed E-state index contributed by atoms with van der Waals surface area (Å²) in [5.41, 5.74) is 8.14. The van der Waals surface area contributed by atoms with Crippen LogP contribution in [0.2, 0.25) is 0 Å². The highest BCUT2D eigenvalue weighted by Crippen LogP contribution is 2.32. The molecule has 0 fully saturated rings. The standard InChI is InChI=1S/C15H15N5O/c1-2-21-13-7-4-3-6-11(13)14-12(16)10-20(19-14)15-17-8-5-9-18-15/h3-10H,2,16H2,1H3. The van der Waals surface area contributed by atoms with Crippen molar-refractivity contribution in [3.05, 3.63) is 48.9 Å². The fourth-order valence-corrected chi connectivity index (χ4v) is 2.05. The highest BCUT2D eigenvalue weighted by molar-refractivity contribution is 5.77. The third kappa shape index (κ3) is 2.55. The Hall–Kier alpha value is -2.89. The zero-order valence-electron chi connectivity index (χ0n) is 11.6. The summed E-state index contributed by atoms with van der Waals surface area (Å²) in [6, 6.07) is 9.43. The minimum atomic E-state index is 0.476. The van der Waals surface area contributed by atoms with Crippen molar-refractivity contribution in [1.29, 1.82) is 0 Å². The maximum absolute atomic E-state index is 6.08. The van der Waals surface area contributed by atoms with Gasteiger partial charge in [-0.1, -0.05) is 12.1 Å². The first-order valence-electron chi connectivity index (χ1n) is 6.64. The molecule has 1 aromatic carbocycles. The monoisotopic (exact) mass is 281 g/mol. The quantitative estimate of drug-likeness (QED) is 0.794. The van der Waals surface area contributed by atoms with Gasteiger partial charge in [-0.25, -0.2) is 14.6 Å². The molecule has 0 saturated carbocycles. The van der Waals surface area contributed by atoms with E-state index < -0.39 is 0 Å². The lowest BCUT2D eigenvalue weighted by Gasteiger charge is -2.08. The zero-order valence-corrected chi connectivity index (χ0v) is 11.6. The lowest BCUT2D eigenvalue weighted by molar-refractivity contribution is 0.341. The molecule has 3 aromatic rings. The second kappa shape index (κ2) is 5.62. The maximum Gasteiger partial charge on any atom is 0.250 e. The molecule has 2 N–H and O–H groups in total. The van der Waals surface area contributed by atoms with E-state index in [0.717, 1.165) is 11.3 Å². The Labute approximate surface area is 122 Å². The lowest BCUT2D eigenvalue weighted by atomic mass is 10.1. The second-order valence-electron chi connectivity index (χ2n) is 4.36. The molecule has 3 rings (SSSR count). The summed E-state index contributed by atoms with van der Waals surface area (Å²) in [4.78, 5) is 8.32. The van der Waals surface area contributed by atoms with Gasteiger partial charge in [0.05, 0.1) is 18.5 Å². The maximum atomic E-state index is 6.08. The number of para-hydroxylation sites is 1. The van der Waals surface area contributed by atoms with Gasteiger partial charge in [0.1, 0.15) is 11.4 Å². The number of aromatic nitrogens is 4. The normalized spacial score (nSPS) is 10.5. The second-order valence-corrected chi connectivity index (χ2v) is 4.36. The van der Waals surface area contributed by atoms with Crippen LogP contribution in [0.25, 0.3) is 17.2 Å². The molecule has 6 nitrogen and oxygen atoms in total. The van der Waals surface area contributed by atoms with Gasteiger partial charge in [-0.2, -0.15) is 5.10 Å². The van der Waals surface area contributed by atoms with Crippen molar-refractivity contribution in [2.24, 2.45) is 0 Å². The molecular weight excluding hydrogens is 266 g/mol. The molecule has 2 heterocycles. The molecule has 0 unspecified atom stereocenters. The molecule has 0 bridgehead atoms. The number of nitrogens with two attached hydrogens (primary N) is 1. The van der Waals surface area contributed by atoms with Crippen LogP contribution in [0.15, 0.2) is 48.9 Å². The molecular formula is C15H15N5O.